The predicted molar refractivity (Wildman–Crippen MR) is 106 cm³/mol. The van der Waals surface area contributed by atoms with Crippen LogP contribution < -0.4 is 9.47 Å². The monoisotopic (exact) mass is 368 g/mol. The van der Waals surface area contributed by atoms with E-state index in [1.165, 1.54) is 51.0 Å². The van der Waals surface area contributed by atoms with Crippen molar-refractivity contribution in [3.63, 3.8) is 0 Å². The summed E-state index contributed by atoms with van der Waals surface area (Å²) < 4.78 is 10.3. The highest BCUT2D eigenvalue weighted by atomic mass is 16.5. The fourth-order valence-corrected chi connectivity index (χ4v) is 2.82. The molecule has 27 heavy (non-hydrogen) atoms. The maximum Gasteiger partial charge on any atom is 0.343 e. The Bertz CT molecular complexity index is 717. The van der Waals surface area contributed by atoms with Crippen LogP contribution in [0.15, 0.2) is 48.5 Å². The quantitative estimate of drug-likeness (QED) is 0.305. The SMILES string of the molecule is CCCCCCCCc1ccc(C(=O)Oc2ccc(OC(C)=O)cc2)cc1. The number of esters is 2. The molecule has 0 radical (unpaired) electrons. The Kier molecular flexibility index (Phi) is 8.56. The molecule has 0 saturated carbocycles. The molecule has 4 nitrogen and oxygen atoms in total. The third kappa shape index (κ3) is 7.65. The largest absolute Gasteiger partial charge is 0.427 e. The lowest BCUT2D eigenvalue weighted by Gasteiger charge is -2.07. The predicted octanol–water partition coefficient (Wildman–Crippen LogP) is 5.73. The van der Waals surface area contributed by atoms with Crippen LogP contribution in [0.5, 0.6) is 11.5 Å². The van der Waals surface area contributed by atoms with Crippen LogP contribution >= 0.6 is 0 Å². The number of ether oxygens (including phenoxy) is 2. The average molecular weight is 368 g/mol. The van der Waals surface area contributed by atoms with Crippen molar-refractivity contribution in [2.45, 2.75) is 58.8 Å². The lowest BCUT2D eigenvalue weighted by molar-refractivity contribution is -0.131. The maximum atomic E-state index is 12.2. The van der Waals surface area contributed by atoms with Gasteiger partial charge in [0.25, 0.3) is 0 Å². The lowest BCUT2D eigenvalue weighted by Crippen LogP contribution is -2.08. The van der Waals surface area contributed by atoms with E-state index in [0.717, 1.165) is 6.42 Å². The topological polar surface area (TPSA) is 52.6 Å². The van der Waals surface area contributed by atoms with Crippen molar-refractivity contribution < 1.29 is 19.1 Å². The molecule has 0 saturated heterocycles. The van der Waals surface area contributed by atoms with Gasteiger partial charge in [-0.3, -0.25) is 4.79 Å². The van der Waals surface area contributed by atoms with E-state index in [0.29, 0.717) is 17.1 Å². The van der Waals surface area contributed by atoms with Gasteiger partial charge in [-0.1, -0.05) is 51.2 Å². The lowest BCUT2D eigenvalue weighted by atomic mass is 10.0. The van der Waals surface area contributed by atoms with E-state index >= 15 is 0 Å². The van der Waals surface area contributed by atoms with Gasteiger partial charge in [-0.05, 0) is 54.8 Å². The number of hydrogen-bond acceptors (Lipinski definition) is 4. The molecule has 0 unspecified atom stereocenters. The molecule has 0 aliphatic heterocycles. The first-order chi connectivity index (χ1) is 13.1. The third-order valence-electron chi connectivity index (χ3n) is 4.30. The minimum absolute atomic E-state index is 0.388. The van der Waals surface area contributed by atoms with E-state index in [2.05, 4.69) is 6.92 Å². The van der Waals surface area contributed by atoms with Crippen LogP contribution in [0.2, 0.25) is 0 Å². The molecule has 2 aromatic carbocycles. The second-order valence-electron chi connectivity index (χ2n) is 6.67. The Morgan fingerprint density at radius 2 is 1.30 bits per heavy atom. The maximum absolute atomic E-state index is 12.2. The van der Waals surface area contributed by atoms with E-state index < -0.39 is 5.97 Å². The van der Waals surface area contributed by atoms with Gasteiger partial charge in [0.15, 0.2) is 0 Å². The van der Waals surface area contributed by atoms with Crippen molar-refractivity contribution in [3.05, 3.63) is 59.7 Å². The molecule has 0 aliphatic carbocycles. The minimum atomic E-state index is -0.402. The van der Waals surface area contributed by atoms with E-state index in [9.17, 15) is 9.59 Å². The van der Waals surface area contributed by atoms with Crippen LogP contribution in [0.25, 0.3) is 0 Å². The summed E-state index contributed by atoms with van der Waals surface area (Å²) in [6, 6.07) is 14.0. The molecule has 0 amide bonds. The summed E-state index contributed by atoms with van der Waals surface area (Å²) in [6.45, 7) is 3.56. The molecule has 2 aromatic rings. The van der Waals surface area contributed by atoms with Crippen molar-refractivity contribution >= 4 is 11.9 Å². The van der Waals surface area contributed by atoms with E-state index in [1.54, 1.807) is 24.3 Å². The first-order valence-corrected chi connectivity index (χ1v) is 9.68. The second kappa shape index (κ2) is 11.2. The summed E-state index contributed by atoms with van der Waals surface area (Å²) in [5.41, 5.74) is 1.76. The molecule has 0 aromatic heterocycles. The molecule has 2 rings (SSSR count). The van der Waals surface area contributed by atoms with Crippen molar-refractivity contribution in [1.29, 1.82) is 0 Å². The molecule has 4 heteroatoms. The Balaban J connectivity index is 1.80. The molecule has 0 spiro atoms. The number of unbranched alkanes of at least 4 members (excludes halogenated alkanes) is 5. The molecule has 144 valence electrons. The summed E-state index contributed by atoms with van der Waals surface area (Å²) in [4.78, 5) is 23.1. The summed E-state index contributed by atoms with van der Waals surface area (Å²) in [5.74, 6) is 0.0375. The van der Waals surface area contributed by atoms with Gasteiger partial charge < -0.3 is 9.47 Å². The Morgan fingerprint density at radius 3 is 1.89 bits per heavy atom. The molecule has 0 fully saturated rings. The molecule has 0 heterocycles. The van der Waals surface area contributed by atoms with Crippen LogP contribution in [0, 0.1) is 0 Å². The van der Waals surface area contributed by atoms with E-state index in [4.69, 9.17) is 9.47 Å². The number of hydrogen-bond donors (Lipinski definition) is 0. The molecular weight excluding hydrogens is 340 g/mol. The van der Waals surface area contributed by atoms with Gasteiger partial charge in [0.05, 0.1) is 5.56 Å². The smallest absolute Gasteiger partial charge is 0.343 e. The Morgan fingerprint density at radius 1 is 0.741 bits per heavy atom. The molecule has 0 bridgehead atoms. The number of benzene rings is 2. The number of carbonyl (C=O) groups excluding carboxylic acids is 2. The number of rotatable bonds is 10. The molecular formula is C23H28O4. The average Bonchev–Trinajstić information content (AvgIpc) is 2.66. The molecule has 0 N–H and O–H groups in total. The van der Waals surface area contributed by atoms with Crippen molar-refractivity contribution in [1.82, 2.24) is 0 Å². The molecule has 0 aliphatic rings. The van der Waals surface area contributed by atoms with Crippen LogP contribution in [-0.2, 0) is 11.2 Å². The van der Waals surface area contributed by atoms with Crippen molar-refractivity contribution in [3.8, 4) is 11.5 Å². The summed E-state index contributed by atoms with van der Waals surface area (Å²) in [6.07, 6.45) is 8.70. The zero-order valence-electron chi connectivity index (χ0n) is 16.2. The van der Waals surface area contributed by atoms with E-state index in [1.807, 2.05) is 24.3 Å². The van der Waals surface area contributed by atoms with Crippen LogP contribution in [0.1, 0.15) is 68.3 Å². The van der Waals surface area contributed by atoms with Gasteiger partial charge in [-0.15, -0.1) is 0 Å². The molecule has 0 atom stereocenters. The normalized spacial score (nSPS) is 10.4. The van der Waals surface area contributed by atoms with Crippen LogP contribution in [0.4, 0.5) is 0 Å². The Labute approximate surface area is 161 Å². The highest BCUT2D eigenvalue weighted by Crippen LogP contribution is 2.19. The fraction of sp³-hybridized carbons (Fsp3) is 0.391. The third-order valence-corrected chi connectivity index (χ3v) is 4.30. The number of carbonyl (C=O) groups is 2. The highest BCUT2D eigenvalue weighted by Gasteiger charge is 2.09. The van der Waals surface area contributed by atoms with Gasteiger partial charge in [0.1, 0.15) is 11.5 Å². The van der Waals surface area contributed by atoms with Gasteiger partial charge in [0, 0.05) is 6.92 Å². The van der Waals surface area contributed by atoms with E-state index in [-0.39, 0.29) is 5.97 Å². The minimum Gasteiger partial charge on any atom is -0.427 e. The van der Waals surface area contributed by atoms with Gasteiger partial charge in [-0.25, -0.2) is 4.79 Å². The summed E-state index contributed by atoms with van der Waals surface area (Å²) in [5, 5.41) is 0. The van der Waals surface area contributed by atoms with Gasteiger partial charge in [-0.2, -0.15) is 0 Å². The van der Waals surface area contributed by atoms with Gasteiger partial charge in [0.2, 0.25) is 0 Å². The second-order valence-corrected chi connectivity index (χ2v) is 6.67. The Hall–Kier alpha value is -2.62. The zero-order valence-corrected chi connectivity index (χ0v) is 16.2. The standard InChI is InChI=1S/C23H28O4/c1-3-4-5-6-7-8-9-19-10-12-20(13-11-19)23(25)27-22-16-14-21(15-17-22)26-18(2)24/h10-17H,3-9H2,1-2H3. The van der Waals surface area contributed by atoms with Gasteiger partial charge >= 0.3 is 11.9 Å². The van der Waals surface area contributed by atoms with Crippen LogP contribution in [0.3, 0.4) is 0 Å². The summed E-state index contributed by atoms with van der Waals surface area (Å²) >= 11 is 0. The van der Waals surface area contributed by atoms with Crippen LogP contribution in [-0.4, -0.2) is 11.9 Å². The number of aryl methyl sites for hydroxylation is 1. The highest BCUT2D eigenvalue weighted by molar-refractivity contribution is 5.91. The fourth-order valence-electron chi connectivity index (χ4n) is 2.82. The first kappa shape index (κ1) is 20.7. The summed E-state index contributed by atoms with van der Waals surface area (Å²) in [7, 11) is 0. The van der Waals surface area contributed by atoms with Crippen molar-refractivity contribution in [2.75, 3.05) is 0 Å². The zero-order chi connectivity index (χ0) is 19.5. The first-order valence-electron chi connectivity index (χ1n) is 9.68. The van der Waals surface area contributed by atoms with Crippen molar-refractivity contribution in [2.24, 2.45) is 0 Å².